The fourth-order valence-corrected chi connectivity index (χ4v) is 3.90. The maximum Gasteiger partial charge on any atom is 0.323 e. The fourth-order valence-electron chi connectivity index (χ4n) is 3.90. The maximum atomic E-state index is 13.4. The molecule has 3 amide bonds. The van der Waals surface area contributed by atoms with Crippen molar-refractivity contribution in [3.8, 4) is 5.75 Å². The highest BCUT2D eigenvalue weighted by Crippen LogP contribution is 2.26. The number of fused-ring (bicyclic) bond motifs is 1. The van der Waals surface area contributed by atoms with Crippen LogP contribution in [0.2, 0.25) is 0 Å². The lowest BCUT2D eigenvalue weighted by molar-refractivity contribution is 0.0150. The number of amides is 3. The number of likely N-dealkylation sites (N-methyl/N-ethyl adjacent to an activating group) is 2. The van der Waals surface area contributed by atoms with Gasteiger partial charge in [0.2, 0.25) is 0 Å². The first kappa shape index (κ1) is 25.5. The highest BCUT2D eigenvalue weighted by molar-refractivity contribution is 6.02. The van der Waals surface area contributed by atoms with E-state index in [-0.39, 0.29) is 24.0 Å². The molecule has 9 heteroatoms. The monoisotopic (exact) mass is 472 g/mol. The Morgan fingerprint density at radius 2 is 1.79 bits per heavy atom. The summed E-state index contributed by atoms with van der Waals surface area (Å²) in [7, 11) is 5.42. The van der Waals surface area contributed by atoms with E-state index in [1.54, 1.807) is 43.3 Å². The molecule has 0 fully saturated rings. The lowest BCUT2D eigenvalue weighted by Gasteiger charge is -2.34. The van der Waals surface area contributed by atoms with Crippen LogP contribution in [-0.2, 0) is 4.74 Å². The Bertz CT molecular complexity index is 1020. The Hall–Kier alpha value is -3.17. The smallest absolute Gasteiger partial charge is 0.323 e. The average Bonchev–Trinajstić information content (AvgIpc) is 2.79. The molecule has 1 aliphatic heterocycles. The van der Waals surface area contributed by atoms with E-state index < -0.39 is 11.8 Å². The lowest BCUT2D eigenvalue weighted by Crippen LogP contribution is -2.45. The molecular formula is C25H33FN4O4. The summed E-state index contributed by atoms with van der Waals surface area (Å²) < 4.78 is 25.1. The molecule has 1 aliphatic rings. The van der Waals surface area contributed by atoms with Crippen molar-refractivity contribution in [2.75, 3.05) is 51.5 Å². The molecule has 3 rings (SSSR count). The number of hydrogen-bond acceptors (Lipinski definition) is 5. The van der Waals surface area contributed by atoms with Crippen LogP contribution in [0.5, 0.6) is 5.75 Å². The van der Waals surface area contributed by atoms with Gasteiger partial charge < -0.3 is 25.0 Å². The number of hydrogen-bond donors (Lipinski definition) is 2. The predicted octanol–water partition coefficient (Wildman–Crippen LogP) is 3.91. The summed E-state index contributed by atoms with van der Waals surface area (Å²) >= 11 is 0. The summed E-state index contributed by atoms with van der Waals surface area (Å²) in [6.45, 7) is 5.80. The minimum absolute atomic E-state index is 0.120. The van der Waals surface area contributed by atoms with Gasteiger partial charge in [0.15, 0.2) is 0 Å². The molecule has 2 aromatic rings. The second-order valence-corrected chi connectivity index (χ2v) is 8.84. The zero-order valence-electron chi connectivity index (χ0n) is 20.3. The highest BCUT2D eigenvalue weighted by Gasteiger charge is 2.27. The third-order valence-corrected chi connectivity index (χ3v) is 6.10. The van der Waals surface area contributed by atoms with E-state index >= 15 is 0 Å². The summed E-state index contributed by atoms with van der Waals surface area (Å²) in [5, 5.41) is 5.27. The van der Waals surface area contributed by atoms with Crippen LogP contribution in [0.3, 0.4) is 0 Å². The number of halogens is 1. The van der Waals surface area contributed by atoms with Gasteiger partial charge in [-0.1, -0.05) is 13.0 Å². The Kier molecular flexibility index (Phi) is 8.46. The van der Waals surface area contributed by atoms with E-state index in [1.165, 1.54) is 18.2 Å². The van der Waals surface area contributed by atoms with Crippen molar-refractivity contribution in [3.05, 3.63) is 53.8 Å². The number of rotatable bonds is 3. The van der Waals surface area contributed by atoms with Crippen molar-refractivity contribution in [2.45, 2.75) is 26.0 Å². The molecule has 34 heavy (non-hydrogen) atoms. The number of nitrogens with one attached hydrogen (secondary N) is 2. The number of urea groups is 1. The molecule has 8 nitrogen and oxygen atoms in total. The number of anilines is 2. The standard InChI is InChI=1S/C25H33FN4O4/c1-16-13-29(3)17(2)15-34-22-10-9-20(12-21(22)24(31)30(4)14-23(16)33-5)28-25(32)27-19-8-6-7-18(26)11-19/h6-12,16-17,23H,13-15H2,1-5H3,(H2,27,28,32)/t16-,17-,23+/m1/s1. The number of carbonyl (C=O) groups excluding carboxylic acids is 2. The van der Waals surface area contributed by atoms with E-state index in [4.69, 9.17) is 9.47 Å². The van der Waals surface area contributed by atoms with Crippen LogP contribution >= 0.6 is 0 Å². The molecule has 0 spiro atoms. The van der Waals surface area contributed by atoms with Gasteiger partial charge in [-0.3, -0.25) is 9.69 Å². The maximum absolute atomic E-state index is 13.4. The van der Waals surface area contributed by atoms with Crippen LogP contribution in [0.4, 0.5) is 20.6 Å². The van der Waals surface area contributed by atoms with Crippen LogP contribution in [0.25, 0.3) is 0 Å². The molecule has 2 aromatic carbocycles. The Labute approximate surface area is 200 Å². The van der Waals surface area contributed by atoms with Gasteiger partial charge in [0, 0.05) is 44.7 Å². The first-order valence-electron chi connectivity index (χ1n) is 11.3. The first-order valence-corrected chi connectivity index (χ1v) is 11.3. The van der Waals surface area contributed by atoms with E-state index in [9.17, 15) is 14.0 Å². The molecule has 184 valence electrons. The predicted molar refractivity (Wildman–Crippen MR) is 130 cm³/mol. The summed E-state index contributed by atoms with van der Waals surface area (Å²) in [6, 6.07) is 10.1. The van der Waals surface area contributed by atoms with Crippen LogP contribution in [0.1, 0.15) is 24.2 Å². The highest BCUT2D eigenvalue weighted by atomic mass is 19.1. The normalized spacial score (nSPS) is 22.1. The van der Waals surface area contributed by atoms with Gasteiger partial charge in [0.1, 0.15) is 18.2 Å². The third kappa shape index (κ3) is 6.45. The minimum Gasteiger partial charge on any atom is -0.491 e. The Balaban J connectivity index is 1.85. The van der Waals surface area contributed by atoms with Gasteiger partial charge in [-0.05, 0) is 56.3 Å². The van der Waals surface area contributed by atoms with Crippen molar-refractivity contribution in [3.63, 3.8) is 0 Å². The van der Waals surface area contributed by atoms with Crippen LogP contribution in [0.15, 0.2) is 42.5 Å². The van der Waals surface area contributed by atoms with Gasteiger partial charge in [0.05, 0.1) is 11.7 Å². The molecule has 0 aliphatic carbocycles. The zero-order valence-corrected chi connectivity index (χ0v) is 20.3. The quantitative estimate of drug-likeness (QED) is 0.708. The number of carbonyl (C=O) groups is 2. The fraction of sp³-hybridized carbons (Fsp3) is 0.440. The topological polar surface area (TPSA) is 83.1 Å². The van der Waals surface area contributed by atoms with Gasteiger partial charge in [-0.2, -0.15) is 0 Å². The van der Waals surface area contributed by atoms with Gasteiger partial charge in [-0.25, -0.2) is 9.18 Å². The molecular weight excluding hydrogens is 439 g/mol. The van der Waals surface area contributed by atoms with Gasteiger partial charge >= 0.3 is 6.03 Å². The van der Waals surface area contributed by atoms with Crippen LogP contribution in [0, 0.1) is 11.7 Å². The van der Waals surface area contributed by atoms with Gasteiger partial charge in [0.25, 0.3) is 5.91 Å². The first-order chi connectivity index (χ1) is 16.2. The molecule has 0 saturated heterocycles. The number of methoxy groups -OCH3 is 1. The molecule has 3 atom stereocenters. The Morgan fingerprint density at radius 1 is 1.09 bits per heavy atom. The summed E-state index contributed by atoms with van der Waals surface area (Å²) in [5.74, 6) is -0.0474. The van der Waals surface area contributed by atoms with E-state index in [2.05, 4.69) is 29.4 Å². The van der Waals surface area contributed by atoms with Crippen molar-refractivity contribution >= 4 is 23.3 Å². The summed E-state index contributed by atoms with van der Waals surface area (Å²) in [4.78, 5) is 29.6. The molecule has 0 saturated carbocycles. The van der Waals surface area contributed by atoms with Crippen molar-refractivity contribution in [1.82, 2.24) is 9.80 Å². The van der Waals surface area contributed by atoms with E-state index in [0.29, 0.717) is 35.8 Å². The number of ether oxygens (including phenoxy) is 2. The lowest BCUT2D eigenvalue weighted by atomic mass is 10.0. The number of nitrogens with zero attached hydrogens (tertiary/aromatic N) is 2. The third-order valence-electron chi connectivity index (χ3n) is 6.10. The summed E-state index contributed by atoms with van der Waals surface area (Å²) in [5.41, 5.74) is 1.07. The molecule has 0 radical (unpaired) electrons. The Morgan fingerprint density at radius 3 is 2.47 bits per heavy atom. The van der Waals surface area contributed by atoms with E-state index in [1.807, 2.05) is 7.05 Å². The molecule has 2 N–H and O–H groups in total. The zero-order chi connectivity index (χ0) is 24.8. The van der Waals surface area contributed by atoms with Gasteiger partial charge in [-0.15, -0.1) is 0 Å². The molecule has 0 unspecified atom stereocenters. The van der Waals surface area contributed by atoms with Crippen LogP contribution in [-0.4, -0.2) is 74.8 Å². The number of benzene rings is 2. The average molecular weight is 473 g/mol. The second kappa shape index (κ2) is 11.3. The van der Waals surface area contributed by atoms with Crippen molar-refractivity contribution in [1.29, 1.82) is 0 Å². The van der Waals surface area contributed by atoms with Crippen molar-refractivity contribution in [2.24, 2.45) is 5.92 Å². The molecule has 1 heterocycles. The van der Waals surface area contributed by atoms with Crippen molar-refractivity contribution < 1.29 is 23.5 Å². The second-order valence-electron chi connectivity index (χ2n) is 8.84. The minimum atomic E-state index is -0.552. The SMILES string of the molecule is CO[C@H]1CN(C)C(=O)c2cc(NC(=O)Nc3cccc(F)c3)ccc2OC[C@@H](C)N(C)C[C@H]1C. The molecule has 0 bridgehead atoms. The largest absolute Gasteiger partial charge is 0.491 e. The van der Waals surface area contributed by atoms with Crippen LogP contribution < -0.4 is 15.4 Å². The van der Waals surface area contributed by atoms with E-state index in [0.717, 1.165) is 6.54 Å². The summed E-state index contributed by atoms with van der Waals surface area (Å²) in [6.07, 6.45) is -0.134. The molecule has 0 aromatic heterocycles.